The Morgan fingerprint density at radius 1 is 0.297 bits per heavy atom. The molecule has 0 fully saturated rings. The van der Waals surface area contributed by atoms with Crippen LogP contribution in [0, 0.1) is 11.8 Å². The highest BCUT2D eigenvalue weighted by atomic mass is 31.2. The van der Waals surface area contributed by atoms with Gasteiger partial charge >= 0.3 is 39.5 Å². The molecule has 19 heteroatoms. The molecule has 0 aromatic carbocycles. The Bertz CT molecular complexity index is 1770. The van der Waals surface area contributed by atoms with Crippen LogP contribution < -0.4 is 0 Å². The first kappa shape index (κ1) is 89.1. The number of carbonyl (C=O) groups excluding carboxylic acids is 4. The lowest BCUT2D eigenvalue weighted by Crippen LogP contribution is -2.30. The second kappa shape index (κ2) is 64.1. The molecule has 0 bridgehead atoms. The van der Waals surface area contributed by atoms with Crippen molar-refractivity contribution in [3.05, 3.63) is 0 Å². The van der Waals surface area contributed by atoms with Crippen LogP contribution in [0.1, 0.15) is 369 Å². The second-order valence-corrected chi connectivity index (χ2v) is 29.8. The van der Waals surface area contributed by atoms with Crippen molar-refractivity contribution >= 4 is 39.5 Å². The van der Waals surface area contributed by atoms with Gasteiger partial charge in [0.1, 0.15) is 19.3 Å². The third-order valence-corrected chi connectivity index (χ3v) is 18.6. The van der Waals surface area contributed by atoms with E-state index in [9.17, 15) is 43.2 Å². The fraction of sp³-hybridized carbons (Fsp3) is 0.944. The van der Waals surface area contributed by atoms with Gasteiger partial charge in [-0.25, -0.2) is 9.13 Å². The first-order valence-electron chi connectivity index (χ1n) is 37.5. The SMILES string of the molecule is CCCCCCCCCCCCCCCC(=O)O[C@H](COC(=O)CCCCCCCCCC)COP(=O)(O)OC[C@H](O)COP(=O)(O)OC[C@@H](COC(=O)CCCCCCCCCCCCCC(C)C)OC(=O)CCCCCCCCCCCCCCCC(C)C. The van der Waals surface area contributed by atoms with Crippen molar-refractivity contribution in [3.63, 3.8) is 0 Å². The van der Waals surface area contributed by atoms with Crippen LogP contribution in [-0.2, 0) is 65.4 Å². The number of carbonyl (C=O) groups is 4. The van der Waals surface area contributed by atoms with Gasteiger partial charge in [0.15, 0.2) is 12.2 Å². The molecule has 540 valence electrons. The fourth-order valence-corrected chi connectivity index (χ4v) is 12.5. The number of aliphatic hydroxyl groups excluding tert-OH is 1. The van der Waals surface area contributed by atoms with Crippen molar-refractivity contribution in [2.75, 3.05) is 39.6 Å². The lowest BCUT2D eigenvalue weighted by molar-refractivity contribution is -0.161. The Balaban J connectivity index is 5.23. The first-order chi connectivity index (χ1) is 43.9. The maximum atomic E-state index is 13.0. The summed E-state index contributed by atoms with van der Waals surface area (Å²) in [6.07, 6.45) is 49.9. The van der Waals surface area contributed by atoms with Crippen molar-refractivity contribution in [3.8, 4) is 0 Å². The highest BCUT2D eigenvalue weighted by molar-refractivity contribution is 7.47. The minimum absolute atomic E-state index is 0.107. The first-order valence-corrected chi connectivity index (χ1v) is 40.5. The molecule has 17 nitrogen and oxygen atoms in total. The number of hydrogen-bond donors (Lipinski definition) is 3. The lowest BCUT2D eigenvalue weighted by atomic mass is 10.0. The van der Waals surface area contributed by atoms with Crippen molar-refractivity contribution in [2.24, 2.45) is 11.8 Å². The molecule has 0 aliphatic carbocycles. The molecule has 91 heavy (non-hydrogen) atoms. The van der Waals surface area contributed by atoms with Crippen molar-refractivity contribution in [2.45, 2.75) is 387 Å². The fourth-order valence-electron chi connectivity index (χ4n) is 10.9. The predicted octanol–water partition coefficient (Wildman–Crippen LogP) is 20.8. The van der Waals surface area contributed by atoms with Crippen LogP contribution in [0.4, 0.5) is 0 Å². The number of phosphoric acid groups is 2. The monoisotopic (exact) mass is 1340 g/mol. The average molecular weight is 1340 g/mol. The van der Waals surface area contributed by atoms with E-state index in [1.165, 1.54) is 180 Å². The zero-order valence-corrected chi connectivity index (χ0v) is 60.9. The van der Waals surface area contributed by atoms with Crippen LogP contribution in [0.5, 0.6) is 0 Å². The van der Waals surface area contributed by atoms with E-state index < -0.39 is 97.5 Å². The summed E-state index contributed by atoms with van der Waals surface area (Å²) >= 11 is 0. The van der Waals surface area contributed by atoms with Gasteiger partial charge in [0.2, 0.25) is 0 Å². The lowest BCUT2D eigenvalue weighted by Gasteiger charge is -2.21. The zero-order chi connectivity index (χ0) is 67.2. The van der Waals surface area contributed by atoms with Gasteiger partial charge in [-0.2, -0.15) is 0 Å². The highest BCUT2D eigenvalue weighted by Crippen LogP contribution is 2.45. The summed E-state index contributed by atoms with van der Waals surface area (Å²) in [5.41, 5.74) is 0. The predicted molar refractivity (Wildman–Crippen MR) is 368 cm³/mol. The van der Waals surface area contributed by atoms with E-state index in [4.69, 9.17) is 37.0 Å². The maximum absolute atomic E-state index is 13.0. The van der Waals surface area contributed by atoms with Crippen LogP contribution >= 0.6 is 15.6 Å². The highest BCUT2D eigenvalue weighted by Gasteiger charge is 2.30. The van der Waals surface area contributed by atoms with Crippen molar-refractivity contribution in [1.82, 2.24) is 0 Å². The Morgan fingerprint density at radius 3 is 0.747 bits per heavy atom. The number of unbranched alkanes of at least 4 members (excludes halogenated alkanes) is 41. The molecule has 2 unspecified atom stereocenters. The standard InChI is InChI=1S/C72H140O17P2/c1-7-9-11-13-15-17-18-20-26-32-38-44-50-56-71(76)88-67(60-82-69(74)54-48-42-36-16-14-12-10-8-2)62-86-90(78,79)84-58-66(73)59-85-91(80,81)87-63-68(61-83-70(75)55-49-43-37-31-28-23-25-30-35-41-47-53-65(5)6)89-72(77)57-51-45-39-33-27-22-19-21-24-29-34-40-46-52-64(3)4/h64-68,73H,7-63H2,1-6H3,(H,78,79)(H,80,81)/t66-,67+,68+/m0/s1. The molecular weight excluding hydrogens is 1200 g/mol. The van der Waals surface area contributed by atoms with Gasteiger partial charge in [-0.3, -0.25) is 37.3 Å². The molecule has 0 heterocycles. The topological polar surface area (TPSA) is 237 Å². The van der Waals surface area contributed by atoms with Crippen LogP contribution in [0.15, 0.2) is 0 Å². The van der Waals surface area contributed by atoms with Crippen LogP contribution in [0.25, 0.3) is 0 Å². The van der Waals surface area contributed by atoms with E-state index in [-0.39, 0.29) is 25.7 Å². The number of esters is 4. The van der Waals surface area contributed by atoms with Crippen LogP contribution in [0.2, 0.25) is 0 Å². The van der Waals surface area contributed by atoms with Crippen molar-refractivity contribution < 1.29 is 80.2 Å². The van der Waals surface area contributed by atoms with Gasteiger partial charge in [-0.15, -0.1) is 0 Å². The van der Waals surface area contributed by atoms with Gasteiger partial charge in [0.25, 0.3) is 0 Å². The normalized spacial score (nSPS) is 14.1. The van der Waals surface area contributed by atoms with Crippen LogP contribution in [0.3, 0.4) is 0 Å². The van der Waals surface area contributed by atoms with Gasteiger partial charge in [-0.1, -0.05) is 318 Å². The third-order valence-electron chi connectivity index (χ3n) is 16.7. The number of ether oxygens (including phenoxy) is 4. The Morgan fingerprint density at radius 2 is 0.505 bits per heavy atom. The summed E-state index contributed by atoms with van der Waals surface area (Å²) in [6, 6.07) is 0. The average Bonchev–Trinajstić information content (AvgIpc) is 3.72. The molecule has 0 radical (unpaired) electrons. The summed E-state index contributed by atoms with van der Waals surface area (Å²) in [5.74, 6) is -0.564. The van der Waals surface area contributed by atoms with E-state index in [2.05, 4.69) is 41.5 Å². The molecule has 0 aliphatic heterocycles. The third kappa shape index (κ3) is 66.5. The summed E-state index contributed by atoms with van der Waals surface area (Å²) < 4.78 is 68.3. The molecule has 0 spiro atoms. The van der Waals surface area contributed by atoms with E-state index in [1.807, 2.05) is 0 Å². The Hall–Kier alpha value is -1.94. The number of phosphoric ester groups is 2. The molecule has 3 N–H and O–H groups in total. The molecule has 0 aromatic heterocycles. The number of aliphatic hydroxyl groups is 1. The van der Waals surface area contributed by atoms with Gasteiger partial charge in [0.05, 0.1) is 26.4 Å². The van der Waals surface area contributed by atoms with Crippen molar-refractivity contribution in [1.29, 1.82) is 0 Å². The molecule has 0 aromatic rings. The summed E-state index contributed by atoms with van der Waals surface area (Å²) in [5, 5.41) is 10.6. The zero-order valence-electron chi connectivity index (χ0n) is 59.1. The quantitative estimate of drug-likeness (QED) is 0.0222. The Labute approximate surface area is 556 Å². The van der Waals surface area contributed by atoms with E-state index in [0.717, 1.165) is 108 Å². The second-order valence-electron chi connectivity index (χ2n) is 26.9. The molecule has 5 atom stereocenters. The molecule has 0 saturated carbocycles. The maximum Gasteiger partial charge on any atom is 0.472 e. The summed E-state index contributed by atoms with van der Waals surface area (Å²) in [6.45, 7) is 9.57. The number of hydrogen-bond acceptors (Lipinski definition) is 15. The molecule has 0 aliphatic rings. The minimum atomic E-state index is -4.95. The minimum Gasteiger partial charge on any atom is -0.462 e. The molecule has 0 amide bonds. The molecule has 0 rings (SSSR count). The Kier molecular flexibility index (Phi) is 62.7. The molecular formula is C72H140O17P2. The van der Waals surface area contributed by atoms with E-state index >= 15 is 0 Å². The summed E-state index contributed by atoms with van der Waals surface area (Å²) in [7, 11) is -9.90. The van der Waals surface area contributed by atoms with Crippen LogP contribution in [-0.4, -0.2) is 96.7 Å². The van der Waals surface area contributed by atoms with Gasteiger partial charge in [-0.05, 0) is 37.5 Å². The smallest absolute Gasteiger partial charge is 0.462 e. The largest absolute Gasteiger partial charge is 0.472 e. The summed E-state index contributed by atoms with van der Waals surface area (Å²) in [4.78, 5) is 72.6. The van der Waals surface area contributed by atoms with Gasteiger partial charge in [0, 0.05) is 25.7 Å². The molecule has 0 saturated heterocycles. The van der Waals surface area contributed by atoms with E-state index in [0.29, 0.717) is 25.7 Å². The van der Waals surface area contributed by atoms with Gasteiger partial charge < -0.3 is 33.8 Å². The number of rotatable bonds is 71. The van der Waals surface area contributed by atoms with E-state index in [1.54, 1.807) is 0 Å².